The lowest BCUT2D eigenvalue weighted by Crippen LogP contribution is -2.12. The van der Waals surface area contributed by atoms with E-state index in [-0.39, 0.29) is 5.56 Å². The summed E-state index contributed by atoms with van der Waals surface area (Å²) in [5.41, 5.74) is 0.211. The summed E-state index contributed by atoms with van der Waals surface area (Å²) in [6, 6.07) is 6.38. The Hall–Kier alpha value is -0.910. The Balaban J connectivity index is 2.98. The van der Waals surface area contributed by atoms with E-state index >= 15 is 0 Å². The van der Waals surface area contributed by atoms with Crippen LogP contribution >= 0.6 is 22.6 Å². The van der Waals surface area contributed by atoms with Crippen LogP contribution < -0.4 is 0 Å². The van der Waals surface area contributed by atoms with Gasteiger partial charge in [-0.3, -0.25) is 4.79 Å². The summed E-state index contributed by atoms with van der Waals surface area (Å²) in [5.74, 6) is -2.29. The van der Waals surface area contributed by atoms with Crippen LogP contribution in [0.2, 0.25) is 0 Å². The SMILES string of the molecule is O=C(O)C(=O)c1ccc(I)cc1. The first-order valence-electron chi connectivity index (χ1n) is 3.14. The van der Waals surface area contributed by atoms with Crippen LogP contribution in [0.15, 0.2) is 24.3 Å². The number of carbonyl (C=O) groups excluding carboxylic acids is 1. The Kier molecular flexibility index (Phi) is 2.80. The van der Waals surface area contributed by atoms with E-state index in [0.29, 0.717) is 0 Å². The maximum Gasteiger partial charge on any atom is 0.377 e. The number of halogens is 1. The summed E-state index contributed by atoms with van der Waals surface area (Å²) >= 11 is 2.08. The van der Waals surface area contributed by atoms with Gasteiger partial charge in [0.15, 0.2) is 0 Å². The molecular weight excluding hydrogens is 271 g/mol. The molecule has 1 aromatic rings. The van der Waals surface area contributed by atoms with Gasteiger partial charge in [0.05, 0.1) is 0 Å². The second kappa shape index (κ2) is 3.66. The van der Waals surface area contributed by atoms with E-state index in [0.717, 1.165) is 3.57 Å². The molecule has 0 fully saturated rings. The molecule has 1 N–H and O–H groups in total. The summed E-state index contributed by atoms with van der Waals surface area (Å²) in [5, 5.41) is 8.35. The minimum Gasteiger partial charge on any atom is -0.475 e. The topological polar surface area (TPSA) is 54.4 Å². The highest BCUT2D eigenvalue weighted by Gasteiger charge is 2.13. The molecule has 0 aromatic heterocycles. The fourth-order valence-corrected chi connectivity index (χ4v) is 1.08. The molecule has 0 unspecified atom stereocenters. The molecule has 0 spiro atoms. The van der Waals surface area contributed by atoms with Crippen LogP contribution in [0.1, 0.15) is 10.4 Å². The van der Waals surface area contributed by atoms with Crippen LogP contribution in [-0.2, 0) is 4.79 Å². The van der Waals surface area contributed by atoms with Crippen LogP contribution in [0.25, 0.3) is 0 Å². The molecule has 62 valence electrons. The monoisotopic (exact) mass is 276 g/mol. The highest BCUT2D eigenvalue weighted by molar-refractivity contribution is 14.1. The average Bonchev–Trinajstić information content (AvgIpc) is 2.04. The van der Waals surface area contributed by atoms with Gasteiger partial charge in [0, 0.05) is 9.13 Å². The summed E-state index contributed by atoms with van der Waals surface area (Å²) in [6.07, 6.45) is 0. The summed E-state index contributed by atoms with van der Waals surface area (Å²) in [7, 11) is 0. The Bertz CT molecular complexity index is 316. The second-order valence-corrected chi connectivity index (χ2v) is 3.39. The third-order valence-corrected chi connectivity index (χ3v) is 2.02. The molecule has 0 aliphatic rings. The fraction of sp³-hybridized carbons (Fsp3) is 0. The number of hydrogen-bond donors (Lipinski definition) is 1. The summed E-state index contributed by atoms with van der Waals surface area (Å²) < 4.78 is 0.967. The van der Waals surface area contributed by atoms with Crippen LogP contribution in [0.3, 0.4) is 0 Å². The van der Waals surface area contributed by atoms with Crippen molar-refractivity contribution in [1.29, 1.82) is 0 Å². The molecule has 0 aliphatic carbocycles. The molecule has 1 aromatic carbocycles. The molecule has 1 rings (SSSR count). The van der Waals surface area contributed by atoms with Crippen molar-refractivity contribution >= 4 is 34.3 Å². The number of carbonyl (C=O) groups is 2. The van der Waals surface area contributed by atoms with E-state index < -0.39 is 11.8 Å². The van der Waals surface area contributed by atoms with Crippen LogP contribution in [-0.4, -0.2) is 16.9 Å². The molecule has 3 nitrogen and oxygen atoms in total. The second-order valence-electron chi connectivity index (χ2n) is 2.14. The van der Waals surface area contributed by atoms with Gasteiger partial charge in [-0.05, 0) is 46.9 Å². The number of benzene rings is 1. The van der Waals surface area contributed by atoms with Crippen LogP contribution in [0.4, 0.5) is 0 Å². The van der Waals surface area contributed by atoms with Crippen molar-refractivity contribution in [3.05, 3.63) is 33.4 Å². The lowest BCUT2D eigenvalue weighted by atomic mass is 10.1. The predicted molar refractivity (Wildman–Crippen MR) is 51.1 cm³/mol. The minimum atomic E-state index is -1.42. The summed E-state index contributed by atoms with van der Waals surface area (Å²) in [4.78, 5) is 21.1. The van der Waals surface area contributed by atoms with Gasteiger partial charge < -0.3 is 5.11 Å². The zero-order valence-corrected chi connectivity index (χ0v) is 8.11. The molecule has 0 radical (unpaired) electrons. The number of rotatable bonds is 2. The van der Waals surface area contributed by atoms with Crippen molar-refractivity contribution in [3.8, 4) is 0 Å². The number of ketones is 1. The molecule has 0 saturated heterocycles. The van der Waals surface area contributed by atoms with Crippen LogP contribution in [0, 0.1) is 3.57 Å². The molecule has 0 heterocycles. The highest BCUT2D eigenvalue weighted by atomic mass is 127. The first-order valence-corrected chi connectivity index (χ1v) is 4.22. The number of aliphatic carboxylic acids is 1. The standard InChI is InChI=1S/C8H5IO3/c9-6-3-1-5(2-4-6)7(10)8(11)12/h1-4H,(H,11,12). The zero-order chi connectivity index (χ0) is 9.14. The van der Waals surface area contributed by atoms with Gasteiger partial charge in [-0.15, -0.1) is 0 Å². The molecule has 0 amide bonds. The Morgan fingerprint density at radius 3 is 2.08 bits per heavy atom. The van der Waals surface area contributed by atoms with E-state index in [1.54, 1.807) is 12.1 Å². The summed E-state index contributed by atoms with van der Waals surface area (Å²) in [6.45, 7) is 0. The molecule has 0 bridgehead atoms. The van der Waals surface area contributed by atoms with Gasteiger partial charge in [0.1, 0.15) is 0 Å². The van der Waals surface area contributed by atoms with Gasteiger partial charge in [-0.1, -0.05) is 0 Å². The molecule has 0 atom stereocenters. The van der Waals surface area contributed by atoms with Gasteiger partial charge in [0.25, 0.3) is 5.78 Å². The van der Waals surface area contributed by atoms with Gasteiger partial charge in [0.2, 0.25) is 0 Å². The maximum atomic E-state index is 10.9. The predicted octanol–water partition coefficient (Wildman–Crippen LogP) is 1.56. The molecular formula is C8H5IO3. The van der Waals surface area contributed by atoms with E-state index in [4.69, 9.17) is 5.11 Å². The third-order valence-electron chi connectivity index (χ3n) is 1.30. The quantitative estimate of drug-likeness (QED) is 0.506. The molecule has 0 aliphatic heterocycles. The minimum absolute atomic E-state index is 0.211. The zero-order valence-electron chi connectivity index (χ0n) is 5.95. The number of hydrogen-bond acceptors (Lipinski definition) is 2. The number of carboxylic acids is 1. The molecule has 0 saturated carbocycles. The Morgan fingerprint density at radius 1 is 1.17 bits per heavy atom. The number of Topliss-reactive ketones (excluding diaryl/α,β-unsaturated/α-hetero) is 1. The largest absolute Gasteiger partial charge is 0.475 e. The highest BCUT2D eigenvalue weighted by Crippen LogP contribution is 2.07. The lowest BCUT2D eigenvalue weighted by Gasteiger charge is -1.94. The van der Waals surface area contributed by atoms with E-state index in [1.165, 1.54) is 12.1 Å². The van der Waals surface area contributed by atoms with E-state index in [9.17, 15) is 9.59 Å². The van der Waals surface area contributed by atoms with Crippen molar-refractivity contribution in [2.24, 2.45) is 0 Å². The molecule has 4 heteroatoms. The first-order chi connectivity index (χ1) is 5.61. The van der Waals surface area contributed by atoms with Crippen molar-refractivity contribution in [2.75, 3.05) is 0 Å². The average molecular weight is 276 g/mol. The van der Waals surface area contributed by atoms with Crippen molar-refractivity contribution in [3.63, 3.8) is 0 Å². The Morgan fingerprint density at radius 2 is 1.67 bits per heavy atom. The molecule has 12 heavy (non-hydrogen) atoms. The van der Waals surface area contributed by atoms with Gasteiger partial charge in [-0.2, -0.15) is 0 Å². The van der Waals surface area contributed by atoms with Crippen molar-refractivity contribution in [1.82, 2.24) is 0 Å². The van der Waals surface area contributed by atoms with Gasteiger partial charge in [-0.25, -0.2) is 4.79 Å². The van der Waals surface area contributed by atoms with Crippen molar-refractivity contribution in [2.45, 2.75) is 0 Å². The van der Waals surface area contributed by atoms with Crippen LogP contribution in [0.5, 0.6) is 0 Å². The first kappa shape index (κ1) is 9.18. The Labute approximate surface area is 82.5 Å². The van der Waals surface area contributed by atoms with E-state index in [1.807, 2.05) is 0 Å². The number of carboxylic acid groups (broad SMARTS) is 1. The lowest BCUT2D eigenvalue weighted by molar-refractivity contribution is -0.131. The maximum absolute atomic E-state index is 10.9. The van der Waals surface area contributed by atoms with Gasteiger partial charge >= 0.3 is 5.97 Å². The third kappa shape index (κ3) is 2.04. The fourth-order valence-electron chi connectivity index (χ4n) is 0.725. The van der Waals surface area contributed by atoms with Crippen molar-refractivity contribution < 1.29 is 14.7 Å². The normalized spacial score (nSPS) is 9.42. The van der Waals surface area contributed by atoms with E-state index in [2.05, 4.69) is 22.6 Å². The smallest absolute Gasteiger partial charge is 0.377 e.